The molecule has 1 fully saturated rings. The van der Waals surface area contributed by atoms with E-state index in [1.807, 2.05) is 14.0 Å². The number of rotatable bonds is 5. The zero-order valence-corrected chi connectivity index (χ0v) is 12.3. The van der Waals surface area contributed by atoms with Crippen molar-refractivity contribution in [1.82, 2.24) is 10.2 Å². The lowest BCUT2D eigenvalue weighted by molar-refractivity contribution is -0.148. The van der Waals surface area contributed by atoms with Crippen molar-refractivity contribution >= 4 is 5.97 Å². The number of hydrogen-bond donors (Lipinski definition) is 1. The summed E-state index contributed by atoms with van der Waals surface area (Å²) >= 11 is 0. The lowest BCUT2D eigenvalue weighted by Gasteiger charge is -2.32. The lowest BCUT2D eigenvalue weighted by atomic mass is 9.97. The van der Waals surface area contributed by atoms with Crippen LogP contribution in [0.2, 0.25) is 0 Å². The van der Waals surface area contributed by atoms with Gasteiger partial charge in [-0.25, -0.2) is 0 Å². The van der Waals surface area contributed by atoms with Crippen molar-refractivity contribution < 1.29 is 9.53 Å². The molecule has 1 N–H and O–H groups in total. The highest BCUT2D eigenvalue weighted by molar-refractivity contribution is 5.80. The van der Waals surface area contributed by atoms with E-state index in [1.165, 1.54) is 32.8 Å². The summed E-state index contributed by atoms with van der Waals surface area (Å²) in [5, 5.41) is 3.10. The van der Waals surface area contributed by atoms with E-state index in [9.17, 15) is 4.79 Å². The summed E-state index contributed by atoms with van der Waals surface area (Å²) in [6.07, 6.45) is 6.01. The molecular weight excluding hydrogens is 228 g/mol. The fourth-order valence-corrected chi connectivity index (χ4v) is 2.59. The van der Waals surface area contributed by atoms with Gasteiger partial charge in [0, 0.05) is 12.6 Å². The van der Waals surface area contributed by atoms with Gasteiger partial charge in [0.25, 0.3) is 0 Å². The van der Waals surface area contributed by atoms with Gasteiger partial charge in [-0.05, 0) is 46.7 Å². The van der Waals surface area contributed by atoms with Crippen molar-refractivity contribution in [3.63, 3.8) is 0 Å². The van der Waals surface area contributed by atoms with Gasteiger partial charge in [0.15, 0.2) is 0 Å². The van der Waals surface area contributed by atoms with Crippen LogP contribution in [0.4, 0.5) is 0 Å². The van der Waals surface area contributed by atoms with Crippen molar-refractivity contribution in [1.29, 1.82) is 0 Å². The maximum absolute atomic E-state index is 11.8. The van der Waals surface area contributed by atoms with E-state index >= 15 is 0 Å². The molecule has 0 aromatic heterocycles. The first-order chi connectivity index (χ1) is 8.53. The van der Waals surface area contributed by atoms with E-state index in [-0.39, 0.29) is 5.97 Å². The summed E-state index contributed by atoms with van der Waals surface area (Å²) in [7, 11) is 3.27. The summed E-state index contributed by atoms with van der Waals surface area (Å²) in [5.41, 5.74) is -0.569. The van der Waals surface area contributed by atoms with Crippen LogP contribution >= 0.6 is 0 Å². The number of likely N-dealkylation sites (tertiary alicyclic amines) is 1. The Kier molecular flexibility index (Phi) is 6.09. The Morgan fingerprint density at radius 2 is 2.17 bits per heavy atom. The van der Waals surface area contributed by atoms with Crippen LogP contribution in [0.1, 0.15) is 46.0 Å². The molecule has 1 aliphatic heterocycles. The number of hydrogen-bond acceptors (Lipinski definition) is 4. The van der Waals surface area contributed by atoms with Crippen LogP contribution < -0.4 is 5.32 Å². The number of carbonyl (C=O) groups is 1. The zero-order valence-electron chi connectivity index (χ0n) is 12.3. The van der Waals surface area contributed by atoms with Gasteiger partial charge in [0.1, 0.15) is 5.54 Å². The number of esters is 1. The van der Waals surface area contributed by atoms with Crippen LogP contribution in [0.3, 0.4) is 0 Å². The molecule has 0 amide bonds. The topological polar surface area (TPSA) is 41.6 Å². The molecule has 2 unspecified atom stereocenters. The molecule has 0 radical (unpaired) electrons. The van der Waals surface area contributed by atoms with Crippen LogP contribution in [0.25, 0.3) is 0 Å². The van der Waals surface area contributed by atoms with Crippen molar-refractivity contribution in [3.8, 4) is 0 Å². The maximum Gasteiger partial charge on any atom is 0.325 e. The maximum atomic E-state index is 11.8. The molecule has 1 saturated heterocycles. The molecule has 0 spiro atoms. The van der Waals surface area contributed by atoms with Gasteiger partial charge in [0.05, 0.1) is 7.11 Å². The SMILES string of the molecule is CNC(C)(CCN1CCCCCC1C)C(=O)OC. The summed E-state index contributed by atoms with van der Waals surface area (Å²) in [6.45, 7) is 6.32. The number of ether oxygens (including phenoxy) is 1. The van der Waals surface area contributed by atoms with E-state index in [0.29, 0.717) is 6.04 Å². The van der Waals surface area contributed by atoms with Crippen molar-refractivity contribution in [2.75, 3.05) is 27.2 Å². The predicted molar refractivity (Wildman–Crippen MR) is 73.6 cm³/mol. The second kappa shape index (κ2) is 7.10. The predicted octanol–water partition coefficient (Wildman–Crippen LogP) is 1.79. The van der Waals surface area contributed by atoms with Gasteiger partial charge in [-0.1, -0.05) is 12.8 Å². The molecule has 0 aliphatic carbocycles. The molecule has 0 aromatic carbocycles. The van der Waals surface area contributed by atoms with Crippen molar-refractivity contribution in [3.05, 3.63) is 0 Å². The minimum Gasteiger partial charge on any atom is -0.468 e. The molecule has 4 nitrogen and oxygen atoms in total. The minimum atomic E-state index is -0.569. The molecule has 1 rings (SSSR count). The Morgan fingerprint density at radius 1 is 1.44 bits per heavy atom. The first kappa shape index (κ1) is 15.4. The van der Waals surface area contributed by atoms with E-state index in [1.54, 1.807) is 0 Å². The highest BCUT2D eigenvalue weighted by Gasteiger charge is 2.33. The van der Waals surface area contributed by atoms with Crippen LogP contribution in [0.15, 0.2) is 0 Å². The lowest BCUT2D eigenvalue weighted by Crippen LogP contribution is -2.51. The highest BCUT2D eigenvalue weighted by Crippen LogP contribution is 2.19. The summed E-state index contributed by atoms with van der Waals surface area (Å²) < 4.78 is 4.88. The molecule has 4 heteroatoms. The van der Waals surface area contributed by atoms with E-state index < -0.39 is 5.54 Å². The van der Waals surface area contributed by atoms with Gasteiger partial charge in [-0.3, -0.25) is 4.79 Å². The first-order valence-corrected chi connectivity index (χ1v) is 7.05. The molecular formula is C14H28N2O2. The Hall–Kier alpha value is -0.610. The third kappa shape index (κ3) is 3.95. The third-order valence-electron chi connectivity index (χ3n) is 4.28. The van der Waals surface area contributed by atoms with E-state index in [2.05, 4.69) is 17.1 Å². The summed E-state index contributed by atoms with van der Waals surface area (Å²) in [4.78, 5) is 14.3. The Bertz CT molecular complexity index is 271. The molecule has 18 heavy (non-hydrogen) atoms. The van der Waals surface area contributed by atoms with Crippen LogP contribution in [0.5, 0.6) is 0 Å². The monoisotopic (exact) mass is 256 g/mol. The third-order valence-corrected chi connectivity index (χ3v) is 4.28. The van der Waals surface area contributed by atoms with Gasteiger partial charge in [-0.2, -0.15) is 0 Å². The van der Waals surface area contributed by atoms with Crippen LogP contribution in [-0.2, 0) is 9.53 Å². The number of nitrogens with zero attached hydrogens (tertiary/aromatic N) is 1. The fraction of sp³-hybridized carbons (Fsp3) is 0.929. The first-order valence-electron chi connectivity index (χ1n) is 7.05. The van der Waals surface area contributed by atoms with Gasteiger partial charge < -0.3 is 15.0 Å². The molecule has 2 atom stereocenters. The smallest absolute Gasteiger partial charge is 0.325 e. The van der Waals surface area contributed by atoms with Crippen molar-refractivity contribution in [2.24, 2.45) is 0 Å². The molecule has 106 valence electrons. The molecule has 1 aliphatic rings. The van der Waals surface area contributed by atoms with E-state index in [4.69, 9.17) is 4.74 Å². The summed E-state index contributed by atoms with van der Waals surface area (Å²) in [5.74, 6) is -0.174. The average Bonchev–Trinajstić information content (AvgIpc) is 2.59. The molecule has 0 aromatic rings. The Labute approximate surface area is 111 Å². The standard InChI is InChI=1S/C14H28N2O2/c1-12-8-6-5-7-10-16(12)11-9-14(2,15-3)13(17)18-4/h12,15H,5-11H2,1-4H3. The Morgan fingerprint density at radius 3 is 2.78 bits per heavy atom. The van der Waals surface area contributed by atoms with Gasteiger partial charge in [0.2, 0.25) is 0 Å². The highest BCUT2D eigenvalue weighted by atomic mass is 16.5. The van der Waals surface area contributed by atoms with Crippen LogP contribution in [0, 0.1) is 0 Å². The van der Waals surface area contributed by atoms with E-state index in [0.717, 1.165) is 19.5 Å². The van der Waals surface area contributed by atoms with Crippen molar-refractivity contribution in [2.45, 2.75) is 57.5 Å². The van der Waals surface area contributed by atoms with Gasteiger partial charge in [-0.15, -0.1) is 0 Å². The largest absolute Gasteiger partial charge is 0.468 e. The quantitative estimate of drug-likeness (QED) is 0.762. The normalized spacial score (nSPS) is 25.2. The summed E-state index contributed by atoms with van der Waals surface area (Å²) in [6, 6.07) is 0.631. The Balaban J connectivity index is 2.53. The number of methoxy groups -OCH3 is 1. The van der Waals surface area contributed by atoms with Gasteiger partial charge >= 0.3 is 5.97 Å². The number of carbonyl (C=O) groups excluding carboxylic acids is 1. The number of nitrogens with one attached hydrogen (secondary N) is 1. The minimum absolute atomic E-state index is 0.174. The fourth-order valence-electron chi connectivity index (χ4n) is 2.59. The van der Waals surface area contributed by atoms with Crippen LogP contribution in [-0.4, -0.2) is 49.7 Å². The average molecular weight is 256 g/mol. The molecule has 0 saturated carbocycles. The second-order valence-corrected chi connectivity index (χ2v) is 5.56. The zero-order chi connectivity index (χ0) is 13.6. The second-order valence-electron chi connectivity index (χ2n) is 5.56. The molecule has 0 bridgehead atoms. The molecule has 1 heterocycles. The number of likely N-dealkylation sites (N-methyl/N-ethyl adjacent to an activating group) is 1.